The lowest BCUT2D eigenvalue weighted by atomic mass is 9.70. The molecule has 0 radical (unpaired) electrons. The van der Waals surface area contributed by atoms with Crippen molar-refractivity contribution in [1.82, 2.24) is 31.1 Å². The molecule has 6 fully saturated rings. The van der Waals surface area contributed by atoms with Gasteiger partial charge in [-0.15, -0.1) is 0 Å². The minimum Gasteiger partial charge on any atom is -0.375 e. The predicted molar refractivity (Wildman–Crippen MR) is 154 cm³/mol. The molecular weight excluding hydrogens is 490 g/mol. The molecule has 9 heteroatoms. The van der Waals surface area contributed by atoms with Crippen molar-refractivity contribution in [2.24, 2.45) is 16.3 Å². The smallest absolute Gasteiger partial charge is 0.154 e. The van der Waals surface area contributed by atoms with Gasteiger partial charge in [-0.3, -0.25) is 30.7 Å². The van der Waals surface area contributed by atoms with E-state index in [1.807, 2.05) is 0 Å². The fourth-order valence-electron chi connectivity index (χ4n) is 9.35. The molecule has 0 aromatic carbocycles. The molecule has 220 valence electrons. The van der Waals surface area contributed by atoms with Crippen LogP contribution < -0.4 is 21.3 Å². The van der Waals surface area contributed by atoms with Crippen LogP contribution in [0.1, 0.15) is 78.6 Å². The van der Waals surface area contributed by atoms with Crippen LogP contribution in [0, 0.1) is 11.3 Å². The second-order valence-corrected chi connectivity index (χ2v) is 14.6. The number of likely N-dealkylation sites (tertiary alicyclic amines) is 2. The van der Waals surface area contributed by atoms with Crippen LogP contribution >= 0.6 is 0 Å². The normalized spacial score (nSPS) is 49.7. The Bertz CT molecular complexity index is 908. The number of ether oxygens (including phenoxy) is 2. The van der Waals surface area contributed by atoms with Crippen LogP contribution in [0.4, 0.5) is 0 Å². The standard InChI is InChI=1S/C30H53N7O2/c1-29(2)13-25-30(3,18-39-29)24-15-32-28(35-27(24)37(25)26-7-5-6-20(33-26)14-31-4)34-19-8-10-21(11-9-19)36-16-23-12-22(36)17-38-23/h15,19-28,31,33-35H,5-14,16-18H2,1-4H3/t19?,20?,21?,22-,23-,24+,25-,26?,27?,28?,30-/m0/s1. The Morgan fingerprint density at radius 1 is 1.05 bits per heavy atom. The topological polar surface area (TPSA) is 85.4 Å². The van der Waals surface area contributed by atoms with E-state index in [-0.39, 0.29) is 23.5 Å². The van der Waals surface area contributed by atoms with Crippen LogP contribution in [0.2, 0.25) is 0 Å². The van der Waals surface area contributed by atoms with Crippen LogP contribution in [0.25, 0.3) is 0 Å². The summed E-state index contributed by atoms with van der Waals surface area (Å²) in [4.78, 5) is 10.7. The number of aliphatic imine (C=N–C) groups is 1. The summed E-state index contributed by atoms with van der Waals surface area (Å²) in [7, 11) is 2.07. The lowest BCUT2D eigenvalue weighted by molar-refractivity contribution is -0.138. The van der Waals surface area contributed by atoms with Gasteiger partial charge < -0.3 is 14.8 Å². The third kappa shape index (κ3) is 5.03. The van der Waals surface area contributed by atoms with Gasteiger partial charge in [-0.1, -0.05) is 6.92 Å². The molecule has 7 rings (SSSR count). The van der Waals surface area contributed by atoms with E-state index in [1.54, 1.807) is 0 Å². The van der Waals surface area contributed by atoms with Crippen LogP contribution in [0.5, 0.6) is 0 Å². The van der Waals surface area contributed by atoms with E-state index in [4.69, 9.17) is 14.5 Å². The third-order valence-electron chi connectivity index (χ3n) is 11.5. The molecule has 0 aromatic heterocycles. The van der Waals surface area contributed by atoms with E-state index in [0.29, 0.717) is 42.4 Å². The maximum Gasteiger partial charge on any atom is 0.154 e. The molecule has 1 saturated carbocycles. The molecule has 1 aliphatic carbocycles. The molecule has 9 atom stereocenters. The molecule has 0 amide bonds. The van der Waals surface area contributed by atoms with E-state index < -0.39 is 0 Å². The number of likely N-dealkylation sites (N-methyl/N-ethyl adjacent to an activating group) is 1. The van der Waals surface area contributed by atoms with Crippen LogP contribution in [-0.4, -0.2) is 110 Å². The maximum atomic E-state index is 6.47. The highest BCUT2D eigenvalue weighted by atomic mass is 16.5. The highest BCUT2D eigenvalue weighted by molar-refractivity contribution is 5.65. The first kappa shape index (κ1) is 27.2. The fourth-order valence-corrected chi connectivity index (χ4v) is 9.35. The van der Waals surface area contributed by atoms with Crippen molar-refractivity contribution in [3.8, 4) is 0 Å². The van der Waals surface area contributed by atoms with Gasteiger partial charge in [-0.05, 0) is 78.7 Å². The second kappa shape index (κ2) is 10.6. The summed E-state index contributed by atoms with van der Waals surface area (Å²) < 4.78 is 12.3. The van der Waals surface area contributed by atoms with Crippen molar-refractivity contribution in [3.05, 3.63) is 0 Å². The first-order chi connectivity index (χ1) is 18.8. The highest BCUT2D eigenvalue weighted by Gasteiger charge is 2.62. The SMILES string of the molecule is CNCC1CCCC(N2C3NC(NC4CCC(N5C[C@@H]6C[C@H]5CO6)CC4)N=C[C@H]3[C@]3(C)COC(C)(C)C[C@H]23)N1. The number of rotatable bonds is 6. The molecule has 0 spiro atoms. The van der Waals surface area contributed by atoms with E-state index in [1.165, 1.54) is 51.4 Å². The first-order valence-corrected chi connectivity index (χ1v) is 16.1. The van der Waals surface area contributed by atoms with Crippen molar-refractivity contribution >= 4 is 6.21 Å². The molecule has 4 unspecified atom stereocenters. The highest BCUT2D eigenvalue weighted by Crippen LogP contribution is 2.52. The molecule has 39 heavy (non-hydrogen) atoms. The average Bonchev–Trinajstić information content (AvgIpc) is 3.62. The lowest BCUT2D eigenvalue weighted by Gasteiger charge is -2.49. The summed E-state index contributed by atoms with van der Waals surface area (Å²) in [5.41, 5.74) is -0.0282. The molecule has 6 aliphatic heterocycles. The second-order valence-electron chi connectivity index (χ2n) is 14.6. The molecule has 9 nitrogen and oxygen atoms in total. The van der Waals surface area contributed by atoms with Gasteiger partial charge in [-0.2, -0.15) is 0 Å². The molecule has 2 bridgehead atoms. The van der Waals surface area contributed by atoms with Crippen LogP contribution in [0.15, 0.2) is 4.99 Å². The van der Waals surface area contributed by atoms with Crippen molar-refractivity contribution in [2.75, 3.05) is 33.4 Å². The summed E-state index contributed by atoms with van der Waals surface area (Å²) in [6, 6.07) is 2.96. The van der Waals surface area contributed by atoms with Crippen molar-refractivity contribution < 1.29 is 9.47 Å². The van der Waals surface area contributed by atoms with E-state index in [9.17, 15) is 0 Å². The van der Waals surface area contributed by atoms with Gasteiger partial charge in [0.05, 0.1) is 37.3 Å². The number of piperidine rings is 1. The zero-order valence-corrected chi connectivity index (χ0v) is 24.7. The van der Waals surface area contributed by atoms with Crippen molar-refractivity contribution in [1.29, 1.82) is 0 Å². The van der Waals surface area contributed by atoms with Crippen LogP contribution in [0.3, 0.4) is 0 Å². The van der Waals surface area contributed by atoms with E-state index >= 15 is 0 Å². The predicted octanol–water partition coefficient (Wildman–Crippen LogP) is 1.84. The van der Waals surface area contributed by atoms with E-state index in [2.05, 4.69) is 65.1 Å². The Kier molecular flexibility index (Phi) is 7.37. The Morgan fingerprint density at radius 2 is 1.90 bits per heavy atom. The Hall–Kier alpha value is -0.650. The van der Waals surface area contributed by atoms with Gasteiger partial charge in [-0.25, -0.2) is 0 Å². The quantitative estimate of drug-likeness (QED) is 0.404. The van der Waals surface area contributed by atoms with Crippen LogP contribution in [-0.2, 0) is 9.47 Å². The summed E-state index contributed by atoms with van der Waals surface area (Å²) >= 11 is 0. The largest absolute Gasteiger partial charge is 0.375 e. The Labute approximate surface area is 235 Å². The number of morpholine rings is 1. The lowest BCUT2D eigenvalue weighted by Crippen LogP contribution is -2.65. The monoisotopic (exact) mass is 543 g/mol. The minimum absolute atomic E-state index is 0.0131. The summed E-state index contributed by atoms with van der Waals surface area (Å²) in [6.07, 6.45) is 14.6. The van der Waals surface area contributed by atoms with Gasteiger partial charge in [0.25, 0.3) is 0 Å². The zero-order valence-electron chi connectivity index (χ0n) is 24.7. The molecule has 0 aromatic rings. The minimum atomic E-state index is -0.0939. The fraction of sp³-hybridized carbons (Fsp3) is 0.967. The maximum absolute atomic E-state index is 6.47. The summed E-state index contributed by atoms with van der Waals surface area (Å²) in [5, 5.41) is 15.4. The third-order valence-corrected chi connectivity index (χ3v) is 11.5. The molecular formula is C30H53N7O2. The molecule has 5 saturated heterocycles. The number of hydrogen-bond acceptors (Lipinski definition) is 9. The van der Waals surface area contributed by atoms with E-state index in [0.717, 1.165) is 38.8 Å². The molecule has 7 aliphatic rings. The Balaban J connectivity index is 1.04. The van der Waals surface area contributed by atoms with Crippen molar-refractivity contribution in [3.63, 3.8) is 0 Å². The van der Waals surface area contributed by atoms with Gasteiger partial charge >= 0.3 is 0 Å². The first-order valence-electron chi connectivity index (χ1n) is 16.1. The van der Waals surface area contributed by atoms with Gasteiger partial charge in [0.1, 0.15) is 0 Å². The number of fused-ring (bicyclic) bond motifs is 5. The van der Waals surface area contributed by atoms with Gasteiger partial charge in [0.15, 0.2) is 6.29 Å². The summed E-state index contributed by atoms with van der Waals surface area (Å²) in [6.45, 7) is 10.9. The van der Waals surface area contributed by atoms with Gasteiger partial charge in [0, 0.05) is 60.8 Å². The van der Waals surface area contributed by atoms with Gasteiger partial charge in [0.2, 0.25) is 0 Å². The number of nitrogens with one attached hydrogen (secondary N) is 4. The zero-order chi connectivity index (χ0) is 26.8. The average molecular weight is 544 g/mol. The molecule has 4 N–H and O–H groups in total. The van der Waals surface area contributed by atoms with Crippen molar-refractivity contribution in [2.45, 2.75) is 139 Å². The number of nitrogens with zero attached hydrogens (tertiary/aromatic N) is 3. The summed E-state index contributed by atoms with van der Waals surface area (Å²) in [5.74, 6) is 0.353. The Morgan fingerprint density at radius 3 is 2.64 bits per heavy atom. The number of hydrogen-bond donors (Lipinski definition) is 4. The molecule has 6 heterocycles.